The second kappa shape index (κ2) is 3.60. The van der Waals surface area contributed by atoms with Crippen molar-refractivity contribution in [1.29, 1.82) is 0 Å². The Bertz CT molecular complexity index is 288. The molecule has 1 amide bonds. The van der Waals surface area contributed by atoms with Gasteiger partial charge in [-0.2, -0.15) is 0 Å². The maximum Gasteiger partial charge on any atom is 0.253 e. The smallest absolute Gasteiger partial charge is 0.253 e. The number of carbonyl (C=O) groups excluding carboxylic acids is 1. The van der Waals surface area contributed by atoms with Gasteiger partial charge in [-0.05, 0) is 31.0 Å². The van der Waals surface area contributed by atoms with Crippen LogP contribution in [-0.4, -0.2) is 23.9 Å². The number of benzene rings is 1. The van der Waals surface area contributed by atoms with Gasteiger partial charge in [-0.3, -0.25) is 4.79 Å². The summed E-state index contributed by atoms with van der Waals surface area (Å²) in [5.74, 6) is 0.148. The number of amides is 1. The van der Waals surface area contributed by atoms with E-state index in [4.69, 9.17) is 0 Å². The van der Waals surface area contributed by atoms with Gasteiger partial charge in [-0.25, -0.2) is 0 Å². The van der Waals surface area contributed by atoms with Crippen LogP contribution in [0.5, 0.6) is 0 Å². The van der Waals surface area contributed by atoms with Crippen LogP contribution >= 0.6 is 0 Å². The summed E-state index contributed by atoms with van der Waals surface area (Å²) >= 11 is 0. The molecular formula is C11H12NO. The predicted molar refractivity (Wildman–Crippen MR) is 50.4 cm³/mol. The second-order valence-electron chi connectivity index (χ2n) is 3.29. The Morgan fingerprint density at radius 1 is 1.38 bits per heavy atom. The molecule has 0 spiro atoms. The van der Waals surface area contributed by atoms with Crippen molar-refractivity contribution in [3.05, 3.63) is 35.9 Å². The lowest BCUT2D eigenvalue weighted by molar-refractivity contribution is 0.0793. The summed E-state index contributed by atoms with van der Waals surface area (Å²) in [7, 11) is 0. The molecule has 1 saturated heterocycles. The highest BCUT2D eigenvalue weighted by Crippen LogP contribution is 2.11. The van der Waals surface area contributed by atoms with E-state index in [-0.39, 0.29) is 5.91 Å². The molecule has 0 atom stereocenters. The molecule has 0 bridgehead atoms. The van der Waals surface area contributed by atoms with Gasteiger partial charge in [0.1, 0.15) is 0 Å². The van der Waals surface area contributed by atoms with Crippen LogP contribution in [0.1, 0.15) is 23.2 Å². The lowest BCUT2D eigenvalue weighted by Gasteiger charge is -2.14. The van der Waals surface area contributed by atoms with Crippen molar-refractivity contribution in [2.75, 3.05) is 13.1 Å². The molecule has 2 heteroatoms. The summed E-state index contributed by atoms with van der Waals surface area (Å²) in [4.78, 5) is 13.7. The van der Waals surface area contributed by atoms with E-state index < -0.39 is 0 Å². The molecule has 1 aromatic carbocycles. The Labute approximate surface area is 78.2 Å². The van der Waals surface area contributed by atoms with E-state index in [0.29, 0.717) is 0 Å². The number of likely N-dealkylation sites (tertiary alicyclic amines) is 1. The molecule has 1 aliphatic heterocycles. The third kappa shape index (κ3) is 1.72. The fraction of sp³-hybridized carbons (Fsp3) is 0.364. The molecule has 1 radical (unpaired) electrons. The molecule has 0 saturated carbocycles. The molecule has 2 nitrogen and oxygen atoms in total. The van der Waals surface area contributed by atoms with Gasteiger partial charge in [-0.15, -0.1) is 0 Å². The topological polar surface area (TPSA) is 20.3 Å². The van der Waals surface area contributed by atoms with E-state index in [2.05, 4.69) is 6.07 Å². The van der Waals surface area contributed by atoms with Crippen molar-refractivity contribution in [3.8, 4) is 0 Å². The van der Waals surface area contributed by atoms with Crippen molar-refractivity contribution in [2.24, 2.45) is 0 Å². The minimum Gasteiger partial charge on any atom is -0.339 e. The van der Waals surface area contributed by atoms with Gasteiger partial charge >= 0.3 is 0 Å². The minimum atomic E-state index is 0.148. The maximum absolute atomic E-state index is 11.8. The molecule has 1 aromatic rings. The second-order valence-corrected chi connectivity index (χ2v) is 3.29. The SMILES string of the molecule is O=C(c1c[c]ccc1)N1CCCC1. The Kier molecular flexibility index (Phi) is 2.30. The van der Waals surface area contributed by atoms with E-state index in [0.717, 1.165) is 31.5 Å². The predicted octanol–water partition coefficient (Wildman–Crippen LogP) is 1.72. The van der Waals surface area contributed by atoms with E-state index in [9.17, 15) is 4.79 Å². The zero-order chi connectivity index (χ0) is 9.10. The van der Waals surface area contributed by atoms with E-state index >= 15 is 0 Å². The lowest BCUT2D eigenvalue weighted by atomic mass is 10.2. The van der Waals surface area contributed by atoms with Crippen molar-refractivity contribution in [2.45, 2.75) is 12.8 Å². The Morgan fingerprint density at radius 2 is 2.15 bits per heavy atom. The molecule has 1 heterocycles. The quantitative estimate of drug-likeness (QED) is 0.634. The van der Waals surface area contributed by atoms with Gasteiger partial charge in [0.05, 0.1) is 0 Å². The molecule has 0 N–H and O–H groups in total. The summed E-state index contributed by atoms with van der Waals surface area (Å²) in [5, 5.41) is 0. The average Bonchev–Trinajstić information content (AvgIpc) is 2.71. The van der Waals surface area contributed by atoms with Gasteiger partial charge < -0.3 is 4.90 Å². The average molecular weight is 174 g/mol. The van der Waals surface area contributed by atoms with Crippen molar-refractivity contribution >= 4 is 5.91 Å². The molecule has 0 aromatic heterocycles. The summed E-state index contributed by atoms with van der Waals surface area (Å²) in [5.41, 5.74) is 0.754. The number of nitrogens with zero attached hydrogens (tertiary/aromatic N) is 1. The fourth-order valence-corrected chi connectivity index (χ4v) is 1.63. The normalized spacial score (nSPS) is 16.2. The van der Waals surface area contributed by atoms with Crippen LogP contribution in [0.15, 0.2) is 24.3 Å². The first kappa shape index (κ1) is 8.30. The molecule has 1 aliphatic rings. The van der Waals surface area contributed by atoms with Crippen LogP contribution in [0.25, 0.3) is 0 Å². The first-order chi connectivity index (χ1) is 6.38. The van der Waals surface area contributed by atoms with Gasteiger partial charge in [0.25, 0.3) is 5.91 Å². The molecule has 67 valence electrons. The summed E-state index contributed by atoms with van der Waals surface area (Å²) in [6.07, 6.45) is 2.28. The van der Waals surface area contributed by atoms with E-state index in [1.165, 1.54) is 0 Å². The molecule has 0 unspecified atom stereocenters. The highest BCUT2D eigenvalue weighted by atomic mass is 16.2. The zero-order valence-corrected chi connectivity index (χ0v) is 7.49. The largest absolute Gasteiger partial charge is 0.339 e. The summed E-state index contributed by atoms with van der Waals surface area (Å²) < 4.78 is 0. The van der Waals surface area contributed by atoms with Gasteiger partial charge in [0.15, 0.2) is 0 Å². The lowest BCUT2D eigenvalue weighted by Crippen LogP contribution is -2.27. The number of hydrogen-bond donors (Lipinski definition) is 0. The fourth-order valence-electron chi connectivity index (χ4n) is 1.63. The molecule has 1 fully saturated rings. The van der Waals surface area contributed by atoms with Gasteiger partial charge in [-0.1, -0.05) is 12.1 Å². The van der Waals surface area contributed by atoms with Crippen LogP contribution in [0.2, 0.25) is 0 Å². The van der Waals surface area contributed by atoms with Crippen LogP contribution in [-0.2, 0) is 0 Å². The monoisotopic (exact) mass is 174 g/mol. The Hall–Kier alpha value is -1.31. The van der Waals surface area contributed by atoms with Crippen LogP contribution < -0.4 is 0 Å². The third-order valence-corrected chi connectivity index (χ3v) is 2.35. The first-order valence-electron chi connectivity index (χ1n) is 4.63. The first-order valence-corrected chi connectivity index (χ1v) is 4.63. The molecular weight excluding hydrogens is 162 g/mol. The number of hydrogen-bond acceptors (Lipinski definition) is 1. The van der Waals surface area contributed by atoms with E-state index in [1.807, 2.05) is 17.0 Å². The molecule has 13 heavy (non-hydrogen) atoms. The van der Waals surface area contributed by atoms with Crippen LogP contribution in [0, 0.1) is 6.07 Å². The highest BCUT2D eigenvalue weighted by molar-refractivity contribution is 5.94. The highest BCUT2D eigenvalue weighted by Gasteiger charge is 2.18. The van der Waals surface area contributed by atoms with Gasteiger partial charge in [0.2, 0.25) is 0 Å². The minimum absolute atomic E-state index is 0.148. The Balaban J connectivity index is 2.13. The molecule has 0 aliphatic carbocycles. The summed E-state index contributed by atoms with van der Waals surface area (Å²) in [6.45, 7) is 1.82. The number of carbonyl (C=O) groups is 1. The van der Waals surface area contributed by atoms with Crippen LogP contribution in [0.3, 0.4) is 0 Å². The number of rotatable bonds is 1. The van der Waals surface area contributed by atoms with Crippen LogP contribution in [0.4, 0.5) is 0 Å². The third-order valence-electron chi connectivity index (χ3n) is 2.35. The zero-order valence-electron chi connectivity index (χ0n) is 7.49. The van der Waals surface area contributed by atoms with E-state index in [1.54, 1.807) is 12.1 Å². The maximum atomic E-state index is 11.8. The van der Waals surface area contributed by atoms with Crippen molar-refractivity contribution in [1.82, 2.24) is 4.90 Å². The van der Waals surface area contributed by atoms with Crippen molar-refractivity contribution in [3.63, 3.8) is 0 Å². The molecule has 2 rings (SSSR count). The Morgan fingerprint density at radius 3 is 2.77 bits per heavy atom. The van der Waals surface area contributed by atoms with Gasteiger partial charge in [0, 0.05) is 18.7 Å². The van der Waals surface area contributed by atoms with Crippen molar-refractivity contribution < 1.29 is 4.79 Å². The standard InChI is InChI=1S/C11H12NO/c13-11(12-8-4-5-9-12)10-6-2-1-3-7-10/h1-2,6-7H,4-5,8-9H2. The summed E-state index contributed by atoms with van der Waals surface area (Å²) in [6, 6.07) is 10.2.